The minimum atomic E-state index is -0.829. The number of carbonyl (C=O) groups is 1. The Hall–Kier alpha value is -0.290. The molecule has 1 fully saturated rings. The Morgan fingerprint density at radius 2 is 2.13 bits per heavy atom. The molecule has 15 heavy (non-hydrogen) atoms. The van der Waals surface area contributed by atoms with Crippen LogP contribution in [-0.4, -0.2) is 32.7 Å². The summed E-state index contributed by atoms with van der Waals surface area (Å²) in [6, 6.07) is 0. The van der Waals surface area contributed by atoms with Crippen molar-refractivity contribution >= 4 is 39.2 Å². The summed E-state index contributed by atoms with van der Waals surface area (Å²) < 4.78 is 0. The van der Waals surface area contributed by atoms with Crippen molar-refractivity contribution in [3.8, 4) is 0 Å². The lowest BCUT2D eigenvalue weighted by atomic mass is 10.2. The Morgan fingerprint density at radius 1 is 1.53 bits per heavy atom. The van der Waals surface area contributed by atoms with Crippen molar-refractivity contribution < 1.29 is 15.1 Å². The van der Waals surface area contributed by atoms with Crippen LogP contribution in [-0.2, 0) is 4.79 Å². The van der Waals surface area contributed by atoms with E-state index in [4.69, 9.17) is 21.9 Å². The van der Waals surface area contributed by atoms with Gasteiger partial charge in [-0.3, -0.25) is 4.79 Å². The number of aliphatic carboxylic acids is 1. The number of carboxylic acid groups (broad SMARTS) is 1. The van der Waals surface area contributed by atoms with E-state index in [0.29, 0.717) is 0 Å². The summed E-state index contributed by atoms with van der Waals surface area (Å²) >= 11 is 8.61. The fourth-order valence-corrected chi connectivity index (χ4v) is 1.55. The van der Waals surface area contributed by atoms with Gasteiger partial charge in [-0.15, -0.1) is 11.6 Å². The molecule has 0 saturated heterocycles. The van der Waals surface area contributed by atoms with Gasteiger partial charge in [-0.1, -0.05) is 33.9 Å². The molecular formula is C9H15BrClNO3. The minimum Gasteiger partial charge on any atom is -0.481 e. The standard InChI is InChI=1S/C7H12ClNO.C2H3BrO2/c8-6-4-2-1-3-5-7(6)9-10;3-1-2(4)5/h6,10H,1-5H2;1H2,(H,4,5). The Labute approximate surface area is 102 Å². The van der Waals surface area contributed by atoms with Crippen LogP contribution in [0.1, 0.15) is 32.1 Å². The van der Waals surface area contributed by atoms with Crippen molar-refractivity contribution in [3.05, 3.63) is 0 Å². The number of carboxylic acids is 1. The summed E-state index contributed by atoms with van der Waals surface area (Å²) in [5.41, 5.74) is 0.763. The largest absolute Gasteiger partial charge is 0.481 e. The van der Waals surface area contributed by atoms with E-state index in [1.54, 1.807) is 0 Å². The van der Waals surface area contributed by atoms with Gasteiger partial charge >= 0.3 is 5.97 Å². The highest BCUT2D eigenvalue weighted by Crippen LogP contribution is 2.19. The number of hydrogen-bond donors (Lipinski definition) is 2. The molecule has 0 bridgehead atoms. The number of rotatable bonds is 1. The molecule has 0 heterocycles. The van der Waals surface area contributed by atoms with E-state index < -0.39 is 5.97 Å². The molecule has 0 aromatic carbocycles. The van der Waals surface area contributed by atoms with Crippen molar-refractivity contribution in [2.45, 2.75) is 37.5 Å². The summed E-state index contributed by atoms with van der Waals surface area (Å²) in [6.45, 7) is 0. The highest BCUT2D eigenvalue weighted by atomic mass is 79.9. The summed E-state index contributed by atoms with van der Waals surface area (Å²) in [6.07, 6.45) is 5.31. The van der Waals surface area contributed by atoms with Gasteiger partial charge in [-0.25, -0.2) is 0 Å². The van der Waals surface area contributed by atoms with Crippen LogP contribution in [0.3, 0.4) is 0 Å². The summed E-state index contributed by atoms with van der Waals surface area (Å²) in [5.74, 6) is -0.829. The first kappa shape index (κ1) is 14.7. The predicted molar refractivity (Wildman–Crippen MR) is 63.4 cm³/mol. The molecule has 0 spiro atoms. The third-order valence-corrected chi connectivity index (χ3v) is 2.94. The van der Waals surface area contributed by atoms with Gasteiger partial charge in [0.1, 0.15) is 5.33 Å². The topological polar surface area (TPSA) is 69.9 Å². The SMILES string of the molecule is O=C(O)CBr.ON=C1CCCCCC1Cl. The Kier molecular flexibility index (Phi) is 8.80. The van der Waals surface area contributed by atoms with E-state index in [0.717, 1.165) is 31.4 Å². The van der Waals surface area contributed by atoms with E-state index in [2.05, 4.69) is 21.1 Å². The van der Waals surface area contributed by atoms with Crippen LogP contribution in [0.4, 0.5) is 0 Å². The summed E-state index contributed by atoms with van der Waals surface area (Å²) in [7, 11) is 0. The molecule has 0 aliphatic heterocycles. The summed E-state index contributed by atoms with van der Waals surface area (Å²) in [5, 5.41) is 19.4. The first-order chi connectivity index (χ1) is 7.11. The Bertz CT molecular complexity index is 223. The van der Waals surface area contributed by atoms with Crippen molar-refractivity contribution in [1.82, 2.24) is 0 Å². The van der Waals surface area contributed by atoms with Crippen LogP contribution < -0.4 is 0 Å². The van der Waals surface area contributed by atoms with Gasteiger partial charge in [0, 0.05) is 0 Å². The average molecular weight is 301 g/mol. The molecule has 0 amide bonds. The van der Waals surface area contributed by atoms with E-state index in [1.807, 2.05) is 0 Å². The molecule has 4 nitrogen and oxygen atoms in total. The van der Waals surface area contributed by atoms with Gasteiger partial charge in [0.25, 0.3) is 0 Å². The fraction of sp³-hybridized carbons (Fsp3) is 0.778. The van der Waals surface area contributed by atoms with E-state index >= 15 is 0 Å². The van der Waals surface area contributed by atoms with Crippen LogP contribution in [0.2, 0.25) is 0 Å². The molecule has 88 valence electrons. The van der Waals surface area contributed by atoms with E-state index in [1.165, 1.54) is 6.42 Å². The van der Waals surface area contributed by atoms with Crippen LogP contribution in [0, 0.1) is 0 Å². The third-order valence-electron chi connectivity index (χ3n) is 1.99. The van der Waals surface area contributed by atoms with Crippen LogP contribution in [0.15, 0.2) is 5.16 Å². The molecule has 0 aromatic rings. The Balaban J connectivity index is 0.000000336. The van der Waals surface area contributed by atoms with Gasteiger partial charge in [0.2, 0.25) is 0 Å². The molecule has 6 heteroatoms. The van der Waals surface area contributed by atoms with Crippen molar-refractivity contribution in [3.63, 3.8) is 0 Å². The second-order valence-electron chi connectivity index (χ2n) is 3.19. The normalized spacial score (nSPS) is 23.9. The van der Waals surface area contributed by atoms with Crippen molar-refractivity contribution in [1.29, 1.82) is 0 Å². The lowest BCUT2D eigenvalue weighted by Gasteiger charge is -2.04. The molecule has 1 aliphatic rings. The van der Waals surface area contributed by atoms with Gasteiger partial charge in [-0.05, 0) is 19.3 Å². The number of hydrogen-bond acceptors (Lipinski definition) is 3. The van der Waals surface area contributed by atoms with Crippen molar-refractivity contribution in [2.24, 2.45) is 5.16 Å². The molecule has 0 radical (unpaired) electrons. The Morgan fingerprint density at radius 3 is 2.60 bits per heavy atom. The van der Waals surface area contributed by atoms with Gasteiger partial charge in [0.15, 0.2) is 0 Å². The number of oxime groups is 1. The van der Waals surface area contributed by atoms with Gasteiger partial charge in [0.05, 0.1) is 11.1 Å². The third kappa shape index (κ3) is 7.62. The lowest BCUT2D eigenvalue weighted by Crippen LogP contribution is -2.11. The minimum absolute atomic E-state index is 0.0208. The average Bonchev–Trinajstić information content (AvgIpc) is 2.43. The van der Waals surface area contributed by atoms with Crippen LogP contribution in [0.25, 0.3) is 0 Å². The second-order valence-corrected chi connectivity index (χ2v) is 4.27. The zero-order valence-electron chi connectivity index (χ0n) is 8.33. The fourth-order valence-electron chi connectivity index (χ4n) is 1.24. The second kappa shape index (κ2) is 8.97. The predicted octanol–water partition coefficient (Wildman–Crippen LogP) is 2.85. The molecule has 2 N–H and O–H groups in total. The number of alkyl halides is 2. The molecule has 1 atom stereocenters. The maximum absolute atomic E-state index is 9.32. The van der Waals surface area contributed by atoms with E-state index in [-0.39, 0.29) is 10.7 Å². The quantitative estimate of drug-likeness (QED) is 0.338. The van der Waals surface area contributed by atoms with Gasteiger partial charge < -0.3 is 10.3 Å². The molecule has 1 rings (SSSR count). The number of halogens is 2. The maximum atomic E-state index is 9.32. The zero-order chi connectivity index (χ0) is 11.7. The molecule has 1 saturated carbocycles. The lowest BCUT2D eigenvalue weighted by molar-refractivity contribution is -0.133. The highest BCUT2D eigenvalue weighted by Gasteiger charge is 2.16. The first-order valence-corrected chi connectivity index (χ1v) is 6.30. The smallest absolute Gasteiger partial charge is 0.314 e. The first-order valence-electron chi connectivity index (χ1n) is 4.74. The summed E-state index contributed by atoms with van der Waals surface area (Å²) in [4.78, 5) is 9.32. The molecule has 1 unspecified atom stereocenters. The molecule has 1 aliphatic carbocycles. The van der Waals surface area contributed by atoms with E-state index in [9.17, 15) is 4.79 Å². The number of nitrogens with zero attached hydrogens (tertiary/aromatic N) is 1. The zero-order valence-corrected chi connectivity index (χ0v) is 10.7. The molecule has 0 aromatic heterocycles. The highest BCUT2D eigenvalue weighted by molar-refractivity contribution is 9.09. The van der Waals surface area contributed by atoms with Crippen molar-refractivity contribution in [2.75, 3.05) is 5.33 Å². The monoisotopic (exact) mass is 299 g/mol. The maximum Gasteiger partial charge on any atom is 0.314 e. The van der Waals surface area contributed by atoms with Gasteiger partial charge in [-0.2, -0.15) is 0 Å². The van der Waals surface area contributed by atoms with Crippen LogP contribution in [0.5, 0.6) is 0 Å². The van der Waals surface area contributed by atoms with Crippen LogP contribution >= 0.6 is 27.5 Å². The molecular weight excluding hydrogens is 285 g/mol.